The highest BCUT2D eigenvalue weighted by Crippen LogP contribution is 2.40. The molecule has 9 nitrogen and oxygen atoms in total. The number of carbonyl (C=O) groups is 2. The quantitative estimate of drug-likeness (QED) is 0.534. The van der Waals surface area contributed by atoms with Crippen LogP contribution in [0.2, 0.25) is 0 Å². The smallest absolute Gasteiger partial charge is 0.310 e. The topological polar surface area (TPSA) is 108 Å². The maximum Gasteiger partial charge on any atom is 0.310 e. The molecule has 2 aliphatic heterocycles. The molecule has 0 bridgehead atoms. The largest absolute Gasteiger partial charge is 0.497 e. The first-order valence-corrected chi connectivity index (χ1v) is 9.95. The number of benzene rings is 2. The first-order chi connectivity index (χ1) is 14.9. The van der Waals surface area contributed by atoms with Gasteiger partial charge in [0.25, 0.3) is 5.91 Å². The molecule has 2 aliphatic rings. The van der Waals surface area contributed by atoms with Gasteiger partial charge < -0.3 is 19.1 Å². The van der Waals surface area contributed by atoms with Crippen LogP contribution in [0.15, 0.2) is 42.5 Å². The number of ether oxygens (including phenoxy) is 3. The van der Waals surface area contributed by atoms with E-state index >= 15 is 0 Å². The Bertz CT molecular complexity index is 1030. The third kappa shape index (κ3) is 4.16. The van der Waals surface area contributed by atoms with Gasteiger partial charge in [-0.2, -0.15) is 0 Å². The van der Waals surface area contributed by atoms with Crippen LogP contribution in [0.1, 0.15) is 29.6 Å². The summed E-state index contributed by atoms with van der Waals surface area (Å²) in [5, 5.41) is 11.1. The van der Waals surface area contributed by atoms with Crippen molar-refractivity contribution in [2.45, 2.75) is 24.9 Å². The van der Waals surface area contributed by atoms with E-state index < -0.39 is 10.5 Å². The summed E-state index contributed by atoms with van der Waals surface area (Å²) in [6.07, 6.45) is 1.28. The Morgan fingerprint density at radius 3 is 2.68 bits per heavy atom. The fourth-order valence-electron chi connectivity index (χ4n) is 4.00. The molecule has 0 saturated carbocycles. The lowest BCUT2D eigenvalue weighted by Gasteiger charge is -2.43. The fourth-order valence-corrected chi connectivity index (χ4v) is 4.00. The van der Waals surface area contributed by atoms with E-state index in [2.05, 4.69) is 0 Å². The van der Waals surface area contributed by atoms with Crippen molar-refractivity contribution in [3.05, 3.63) is 58.1 Å². The number of piperidine rings is 1. The summed E-state index contributed by atoms with van der Waals surface area (Å²) in [5.74, 6) is 0.935. The number of methoxy groups -OCH3 is 1. The van der Waals surface area contributed by atoms with Gasteiger partial charge in [0.15, 0.2) is 18.1 Å². The minimum absolute atomic E-state index is 0.000327. The molecule has 0 N–H and O–H groups in total. The number of hydrogen-bond acceptors (Lipinski definition) is 7. The molecule has 1 amide bonds. The van der Waals surface area contributed by atoms with E-state index in [0.29, 0.717) is 43.0 Å². The zero-order chi connectivity index (χ0) is 22.0. The van der Waals surface area contributed by atoms with Crippen LogP contribution in [-0.4, -0.2) is 53.9 Å². The molecule has 0 aliphatic carbocycles. The second-order valence-electron chi connectivity index (χ2n) is 7.64. The number of Topliss-reactive ketones (excluding diaryl/α,β-unsaturated/α-hetero) is 1. The second kappa shape index (κ2) is 8.25. The molecule has 162 valence electrons. The molecule has 0 aromatic heterocycles. The second-order valence-corrected chi connectivity index (χ2v) is 7.64. The first kappa shape index (κ1) is 20.6. The third-order valence-corrected chi connectivity index (χ3v) is 5.74. The highest BCUT2D eigenvalue weighted by Gasteiger charge is 2.43. The number of para-hydroxylation sites is 2. The Labute approximate surface area is 178 Å². The molecule has 2 aromatic rings. The number of ketones is 1. The predicted octanol–water partition coefficient (Wildman–Crippen LogP) is 3.01. The van der Waals surface area contributed by atoms with E-state index in [-0.39, 0.29) is 36.2 Å². The number of amides is 1. The molecule has 4 rings (SSSR count). The molecule has 1 spiro atoms. The van der Waals surface area contributed by atoms with E-state index in [1.54, 1.807) is 36.3 Å². The maximum atomic E-state index is 12.7. The summed E-state index contributed by atoms with van der Waals surface area (Å²) < 4.78 is 16.8. The van der Waals surface area contributed by atoms with Crippen molar-refractivity contribution >= 4 is 17.4 Å². The van der Waals surface area contributed by atoms with Crippen LogP contribution >= 0.6 is 0 Å². The number of nitro groups is 1. The molecule has 9 heteroatoms. The molecule has 2 heterocycles. The Balaban J connectivity index is 1.37. The lowest BCUT2D eigenvalue weighted by molar-refractivity contribution is -0.385. The van der Waals surface area contributed by atoms with Crippen LogP contribution in [0.25, 0.3) is 0 Å². The summed E-state index contributed by atoms with van der Waals surface area (Å²) in [4.78, 5) is 37.4. The van der Waals surface area contributed by atoms with Gasteiger partial charge in [0.2, 0.25) is 0 Å². The number of hydrogen-bond donors (Lipinski definition) is 0. The number of carbonyl (C=O) groups excluding carboxylic acids is 2. The number of fused-ring (bicyclic) bond motifs is 1. The summed E-state index contributed by atoms with van der Waals surface area (Å²) >= 11 is 0. The number of nitro benzene ring substituents is 1. The zero-order valence-electron chi connectivity index (χ0n) is 17.0. The van der Waals surface area contributed by atoms with Crippen molar-refractivity contribution in [2.24, 2.45) is 0 Å². The van der Waals surface area contributed by atoms with E-state index in [4.69, 9.17) is 14.2 Å². The van der Waals surface area contributed by atoms with Gasteiger partial charge in [0, 0.05) is 32.0 Å². The Morgan fingerprint density at radius 2 is 1.97 bits per heavy atom. The van der Waals surface area contributed by atoms with Crippen molar-refractivity contribution in [2.75, 3.05) is 26.8 Å². The van der Waals surface area contributed by atoms with Crippen molar-refractivity contribution in [3.8, 4) is 17.2 Å². The lowest BCUT2D eigenvalue weighted by atomic mass is 9.82. The first-order valence-electron chi connectivity index (χ1n) is 9.95. The van der Waals surface area contributed by atoms with Crippen molar-refractivity contribution in [1.82, 2.24) is 4.90 Å². The van der Waals surface area contributed by atoms with Gasteiger partial charge in [-0.25, -0.2) is 0 Å². The number of nitrogens with zero attached hydrogens (tertiary/aromatic N) is 2. The summed E-state index contributed by atoms with van der Waals surface area (Å²) in [7, 11) is 1.55. The summed E-state index contributed by atoms with van der Waals surface area (Å²) in [6.45, 7) is 0.538. The number of likely N-dealkylation sites (tertiary alicyclic amines) is 1. The molecule has 2 aromatic carbocycles. The maximum absolute atomic E-state index is 12.7. The van der Waals surface area contributed by atoms with Crippen LogP contribution in [0.5, 0.6) is 17.2 Å². The van der Waals surface area contributed by atoms with E-state index in [1.165, 1.54) is 18.2 Å². The Hall–Kier alpha value is -3.62. The molecular weight excluding hydrogens is 404 g/mol. The predicted molar refractivity (Wildman–Crippen MR) is 110 cm³/mol. The normalized spacial score (nSPS) is 16.9. The molecule has 0 atom stereocenters. The monoisotopic (exact) mass is 426 g/mol. The number of rotatable bonds is 5. The van der Waals surface area contributed by atoms with Gasteiger partial charge in [0.1, 0.15) is 17.1 Å². The molecule has 31 heavy (non-hydrogen) atoms. The van der Waals surface area contributed by atoms with E-state index in [0.717, 1.165) is 0 Å². The van der Waals surface area contributed by atoms with Gasteiger partial charge in [-0.05, 0) is 24.3 Å². The average Bonchev–Trinajstić information content (AvgIpc) is 2.78. The minimum Gasteiger partial charge on any atom is -0.497 e. The van der Waals surface area contributed by atoms with E-state index in [1.807, 2.05) is 0 Å². The summed E-state index contributed by atoms with van der Waals surface area (Å²) in [6, 6.07) is 11.1. The van der Waals surface area contributed by atoms with Gasteiger partial charge in [0.05, 0.1) is 24.0 Å². The van der Waals surface area contributed by atoms with Crippen LogP contribution in [-0.2, 0) is 4.79 Å². The van der Waals surface area contributed by atoms with Gasteiger partial charge in [-0.15, -0.1) is 0 Å². The average molecular weight is 426 g/mol. The molecule has 1 saturated heterocycles. The van der Waals surface area contributed by atoms with Crippen LogP contribution in [0.3, 0.4) is 0 Å². The minimum atomic E-state index is -0.630. The molecule has 1 fully saturated rings. The van der Waals surface area contributed by atoms with Gasteiger partial charge in [-0.1, -0.05) is 12.1 Å². The van der Waals surface area contributed by atoms with Crippen LogP contribution in [0, 0.1) is 10.1 Å². The fraction of sp³-hybridized carbons (Fsp3) is 0.364. The lowest BCUT2D eigenvalue weighted by Crippen LogP contribution is -2.53. The highest BCUT2D eigenvalue weighted by atomic mass is 16.6. The molecule has 0 unspecified atom stereocenters. The standard InChI is InChI=1S/C22H22N2O7/c1-29-15-6-7-19-16(12-15)18(25)13-22(31-19)8-10-23(11-9-22)21(26)14-30-20-5-3-2-4-17(20)24(27)28/h2-7,12H,8-11,13-14H2,1H3. The van der Waals surface area contributed by atoms with Crippen molar-refractivity contribution in [3.63, 3.8) is 0 Å². The van der Waals surface area contributed by atoms with Crippen LogP contribution in [0.4, 0.5) is 5.69 Å². The van der Waals surface area contributed by atoms with Crippen molar-refractivity contribution < 1.29 is 28.7 Å². The zero-order valence-corrected chi connectivity index (χ0v) is 17.0. The van der Waals surface area contributed by atoms with Gasteiger partial charge in [-0.3, -0.25) is 19.7 Å². The van der Waals surface area contributed by atoms with Gasteiger partial charge >= 0.3 is 5.69 Å². The molecular formula is C22H22N2O7. The SMILES string of the molecule is COc1ccc2c(c1)C(=O)CC1(CCN(C(=O)COc3ccccc3[N+](=O)[O-])CC1)O2. The van der Waals surface area contributed by atoms with Crippen LogP contribution < -0.4 is 14.2 Å². The Morgan fingerprint density at radius 1 is 1.23 bits per heavy atom. The Kier molecular flexibility index (Phi) is 5.50. The third-order valence-electron chi connectivity index (χ3n) is 5.74. The van der Waals surface area contributed by atoms with E-state index in [9.17, 15) is 19.7 Å². The summed E-state index contributed by atoms with van der Waals surface area (Å²) in [5.41, 5.74) is -0.298. The highest BCUT2D eigenvalue weighted by molar-refractivity contribution is 6.00. The van der Waals surface area contributed by atoms with Crippen molar-refractivity contribution in [1.29, 1.82) is 0 Å². The molecule has 0 radical (unpaired) electrons.